The van der Waals surface area contributed by atoms with Gasteiger partial charge >= 0.3 is 0 Å². The summed E-state index contributed by atoms with van der Waals surface area (Å²) in [6.07, 6.45) is 5.23. The zero-order chi connectivity index (χ0) is 13.1. The fourth-order valence-electron chi connectivity index (χ4n) is 1.62. The molecule has 0 heterocycles. The molecule has 0 saturated heterocycles. The molecule has 0 N–H and O–H groups in total. The molecule has 0 aliphatic rings. The maximum Gasteiger partial charge on any atom is 0.123 e. The van der Waals surface area contributed by atoms with Crippen LogP contribution in [0, 0.1) is 18.2 Å². The monoisotopic (exact) mass is 454 g/mol. The summed E-state index contributed by atoms with van der Waals surface area (Å²) >= 11 is 0. The van der Waals surface area contributed by atoms with E-state index in [0.717, 1.165) is 0 Å². The van der Waals surface area contributed by atoms with Crippen molar-refractivity contribution in [3.8, 4) is 23.5 Å². The van der Waals surface area contributed by atoms with Crippen molar-refractivity contribution in [2.24, 2.45) is 0 Å². The van der Waals surface area contributed by atoms with Crippen LogP contribution < -0.4 is 0 Å². The van der Waals surface area contributed by atoms with Crippen LogP contribution in [0.2, 0.25) is 0 Å². The third-order valence-electron chi connectivity index (χ3n) is 2.48. The first-order valence-electron chi connectivity index (χ1n) is 5.07. The van der Waals surface area contributed by atoms with E-state index in [1.165, 1.54) is 30.3 Å². The van der Waals surface area contributed by atoms with Gasteiger partial charge < -0.3 is 8.42 Å². The topological polar surface area (TPSA) is 34.1 Å². The second-order valence-electron chi connectivity index (χ2n) is 3.60. The summed E-state index contributed by atoms with van der Waals surface area (Å²) in [4.78, 5) is 0.108. The summed E-state index contributed by atoms with van der Waals surface area (Å²) < 4.78 is 35.2. The number of rotatable bonds is 2. The predicted molar refractivity (Wildman–Crippen MR) is 66.8 cm³/mol. The molecule has 0 amide bonds. The van der Waals surface area contributed by atoms with Crippen LogP contribution in [0.15, 0.2) is 47.4 Å². The number of hydrogen-bond donors (Lipinski definition) is 0. The number of terminal acetylenes is 1. The summed E-state index contributed by atoms with van der Waals surface area (Å²) in [5, 5.41) is 0. The Balaban J connectivity index is 0.00000180. The fourth-order valence-corrected chi connectivity index (χ4v) is 2.21. The molecular formula is C14H8FO2PtS-. The van der Waals surface area contributed by atoms with E-state index in [-0.39, 0.29) is 31.8 Å². The normalized spacial score (nSPS) is 9.74. The van der Waals surface area contributed by atoms with Crippen LogP contribution in [-0.2, 0) is 40.2 Å². The minimum absolute atomic E-state index is 0. The molecule has 0 spiro atoms. The Morgan fingerprint density at radius 3 is 2.21 bits per heavy atom. The van der Waals surface area contributed by atoms with Crippen molar-refractivity contribution in [3.05, 3.63) is 53.8 Å². The first-order chi connectivity index (χ1) is 8.61. The molecule has 0 atom stereocenters. The van der Waals surface area contributed by atoms with E-state index >= 15 is 0 Å². The Bertz CT molecular complexity index is 692. The molecule has 0 aliphatic carbocycles. The Morgan fingerprint density at radius 2 is 1.68 bits per heavy atom. The Labute approximate surface area is 126 Å². The van der Waals surface area contributed by atoms with E-state index in [2.05, 4.69) is 5.92 Å². The van der Waals surface area contributed by atoms with Gasteiger partial charge in [0.1, 0.15) is 5.82 Å². The second kappa shape index (κ2) is 6.65. The average molecular weight is 454 g/mol. The summed E-state index contributed by atoms with van der Waals surface area (Å²) in [7, 11) is -2.40. The summed E-state index contributed by atoms with van der Waals surface area (Å²) in [5.41, 5.74) is 1.61. The molecule has 100 valence electrons. The molecule has 2 nitrogen and oxygen atoms in total. The van der Waals surface area contributed by atoms with Gasteiger partial charge in [-0.15, -0.1) is 6.42 Å². The van der Waals surface area contributed by atoms with Crippen molar-refractivity contribution in [2.45, 2.75) is 4.90 Å². The van der Waals surface area contributed by atoms with Crippen molar-refractivity contribution >= 4 is 10.7 Å². The van der Waals surface area contributed by atoms with Crippen LogP contribution in [0.5, 0.6) is 0 Å². The van der Waals surface area contributed by atoms with Gasteiger partial charge in [-0.1, -0.05) is 35.1 Å². The molecule has 2 aromatic carbocycles. The van der Waals surface area contributed by atoms with Gasteiger partial charge in [0.05, 0.1) is 0 Å². The van der Waals surface area contributed by atoms with Gasteiger partial charge in [-0.3, -0.25) is 0 Å². The van der Waals surface area contributed by atoms with Gasteiger partial charge in [0.25, 0.3) is 0 Å². The van der Waals surface area contributed by atoms with E-state index in [9.17, 15) is 12.8 Å². The van der Waals surface area contributed by atoms with Crippen molar-refractivity contribution in [2.75, 3.05) is 0 Å². The van der Waals surface area contributed by atoms with Crippen LogP contribution >= 0.6 is 0 Å². The van der Waals surface area contributed by atoms with Crippen LogP contribution in [0.25, 0.3) is 11.1 Å². The van der Waals surface area contributed by atoms with E-state index in [0.29, 0.717) is 16.7 Å². The maximum absolute atomic E-state index is 12.8. The minimum atomic E-state index is -2.40. The summed E-state index contributed by atoms with van der Waals surface area (Å²) in [6.45, 7) is 0. The van der Waals surface area contributed by atoms with E-state index in [4.69, 9.17) is 6.42 Å². The van der Waals surface area contributed by atoms with Gasteiger partial charge in [-0.25, -0.2) is 4.39 Å². The Hall–Kier alpha value is -1.43. The van der Waals surface area contributed by atoms with Crippen molar-refractivity contribution in [1.29, 1.82) is 0 Å². The third-order valence-corrected chi connectivity index (χ3v) is 3.18. The number of halogens is 1. The van der Waals surface area contributed by atoms with Gasteiger partial charge in [0, 0.05) is 26.6 Å². The zero-order valence-electron chi connectivity index (χ0n) is 9.54. The first-order valence-corrected chi connectivity index (χ1v) is 6.15. The van der Waals surface area contributed by atoms with E-state index in [1.807, 2.05) is 0 Å². The largest absolute Gasteiger partial charge is 0.420 e. The summed E-state index contributed by atoms with van der Waals surface area (Å²) in [5.74, 6) is 2.01. The van der Waals surface area contributed by atoms with Crippen molar-refractivity contribution in [3.63, 3.8) is 0 Å². The molecule has 0 aliphatic heterocycles. The van der Waals surface area contributed by atoms with Crippen molar-refractivity contribution < 1.29 is 33.9 Å². The van der Waals surface area contributed by atoms with Gasteiger partial charge in [-0.2, -0.15) is 0 Å². The average Bonchev–Trinajstić information content (AvgIpc) is 2.39. The van der Waals surface area contributed by atoms with Crippen LogP contribution in [-0.4, -0.2) is 0 Å². The minimum Gasteiger partial charge on any atom is -0.420 e. The van der Waals surface area contributed by atoms with Crippen LogP contribution in [0.1, 0.15) is 5.56 Å². The van der Waals surface area contributed by atoms with E-state index in [1.54, 1.807) is 12.1 Å². The van der Waals surface area contributed by atoms with Gasteiger partial charge in [-0.05, 0) is 40.0 Å². The quantitative estimate of drug-likeness (QED) is 0.516. The molecule has 0 saturated carbocycles. The molecule has 0 aromatic heterocycles. The standard InChI is InChI=1S/C14H8FO2S.Pt/c1-2-10-3-8-13(14(9-10)18(16)17)11-4-6-12(15)7-5-11;/h1,3-9H;/q-1;. The molecule has 0 bridgehead atoms. The zero-order valence-corrected chi connectivity index (χ0v) is 12.6. The first kappa shape index (κ1) is 15.6. The number of hydrogen-bond acceptors (Lipinski definition) is 3. The molecular weight excluding hydrogens is 446 g/mol. The van der Waals surface area contributed by atoms with Crippen molar-refractivity contribution in [1.82, 2.24) is 0 Å². The van der Waals surface area contributed by atoms with Crippen LogP contribution in [0.3, 0.4) is 0 Å². The van der Waals surface area contributed by atoms with Gasteiger partial charge in [0.15, 0.2) is 0 Å². The SMILES string of the molecule is C#Cc1ccc(-c2ccc(F)cc2)c([S-](=O)=O)c1.[Pt]. The molecule has 0 unspecified atom stereocenters. The molecule has 5 heteroatoms. The fraction of sp³-hybridized carbons (Fsp3) is 0. The van der Waals surface area contributed by atoms with E-state index < -0.39 is 10.7 Å². The molecule has 2 aromatic rings. The molecule has 2 rings (SSSR count). The summed E-state index contributed by atoms with van der Waals surface area (Å²) in [6, 6.07) is 10.3. The maximum atomic E-state index is 12.8. The molecule has 0 radical (unpaired) electrons. The Kier molecular flexibility index (Phi) is 5.47. The van der Waals surface area contributed by atoms with Gasteiger partial charge in [0.2, 0.25) is 0 Å². The smallest absolute Gasteiger partial charge is 0.123 e. The van der Waals surface area contributed by atoms with Crippen LogP contribution in [0.4, 0.5) is 4.39 Å². The Morgan fingerprint density at radius 1 is 1.05 bits per heavy atom. The second-order valence-corrected chi connectivity index (χ2v) is 4.51. The predicted octanol–water partition coefficient (Wildman–Crippen LogP) is 3.14. The molecule has 19 heavy (non-hydrogen) atoms. The third kappa shape index (κ3) is 3.53. The molecule has 0 fully saturated rings. The number of benzene rings is 2.